The number of fused-ring (bicyclic) bond motifs is 2. The molecule has 9 nitrogen and oxygen atoms in total. The monoisotopic (exact) mass is 868 g/mol. The number of amides is 1. The molecule has 63 heavy (non-hydrogen) atoms. The van der Waals surface area contributed by atoms with Gasteiger partial charge in [0.15, 0.2) is 18.1 Å². The number of carbonyl (C=O) groups excluding carboxylic acids is 1. The van der Waals surface area contributed by atoms with E-state index < -0.39 is 16.2 Å². The lowest BCUT2D eigenvalue weighted by atomic mass is 9.81. The zero-order valence-corrected chi connectivity index (χ0v) is 38.7. The Bertz CT molecular complexity index is 2570. The van der Waals surface area contributed by atoms with Crippen molar-refractivity contribution in [3.8, 4) is 0 Å². The van der Waals surface area contributed by atoms with Crippen molar-refractivity contribution in [3.05, 3.63) is 172 Å². The van der Waals surface area contributed by atoms with Crippen molar-refractivity contribution < 1.29 is 31.6 Å². The lowest BCUT2D eigenvalue weighted by Gasteiger charge is -2.28. The van der Waals surface area contributed by atoms with Crippen molar-refractivity contribution in [2.45, 2.75) is 104 Å². The van der Waals surface area contributed by atoms with Crippen LogP contribution in [0.3, 0.4) is 0 Å². The molecule has 0 unspecified atom stereocenters. The fraction of sp³-hybridized carbons (Fsp3) is 0.377. The van der Waals surface area contributed by atoms with E-state index in [1.54, 1.807) is 0 Å². The third-order valence-corrected chi connectivity index (χ3v) is 13.7. The quantitative estimate of drug-likeness (QED) is 0.0645. The van der Waals surface area contributed by atoms with Crippen LogP contribution in [0.5, 0.6) is 0 Å². The van der Waals surface area contributed by atoms with Crippen molar-refractivity contribution in [3.63, 3.8) is 0 Å². The summed E-state index contributed by atoms with van der Waals surface area (Å²) in [5, 5.41) is 0. The number of aromatic nitrogens is 1. The highest BCUT2D eigenvalue weighted by Gasteiger charge is 2.44. The summed E-state index contributed by atoms with van der Waals surface area (Å²) in [6.45, 7) is 13.3. The van der Waals surface area contributed by atoms with Crippen LogP contribution >= 0.6 is 0 Å². The van der Waals surface area contributed by atoms with Crippen LogP contribution in [0, 0.1) is 0 Å². The number of pyridine rings is 1. The molecule has 330 valence electrons. The molecule has 1 aliphatic carbocycles. The minimum absolute atomic E-state index is 0.141. The van der Waals surface area contributed by atoms with Gasteiger partial charge < -0.3 is 9.64 Å². The van der Waals surface area contributed by atoms with Gasteiger partial charge >= 0.3 is 6.09 Å². The Morgan fingerprint density at radius 1 is 0.810 bits per heavy atom. The Labute approximate surface area is 375 Å². The van der Waals surface area contributed by atoms with E-state index in [-0.39, 0.29) is 23.2 Å². The molecule has 7 rings (SSSR count). The molecule has 4 aromatic rings. The lowest BCUT2D eigenvalue weighted by Crippen LogP contribution is -2.31. The van der Waals surface area contributed by atoms with Gasteiger partial charge in [-0.3, -0.25) is 9.45 Å². The molecule has 1 N–H and O–H groups in total. The van der Waals surface area contributed by atoms with Gasteiger partial charge in [0.05, 0.1) is 23.4 Å². The average Bonchev–Trinajstić information content (AvgIpc) is 3.83. The van der Waals surface area contributed by atoms with E-state index in [4.69, 9.17) is 4.74 Å². The van der Waals surface area contributed by atoms with E-state index in [2.05, 4.69) is 111 Å². The predicted octanol–water partition coefficient (Wildman–Crippen LogP) is 10.8. The topological polar surface area (TPSA) is 94.0 Å². The fourth-order valence-electron chi connectivity index (χ4n) is 9.43. The van der Waals surface area contributed by atoms with Crippen LogP contribution in [0.25, 0.3) is 0 Å². The Balaban J connectivity index is 1.34. The molecule has 10 heteroatoms. The van der Waals surface area contributed by atoms with Gasteiger partial charge in [-0.2, -0.15) is 13.0 Å². The molecule has 1 aromatic heterocycles. The van der Waals surface area contributed by atoms with E-state index in [9.17, 15) is 17.8 Å². The maximum absolute atomic E-state index is 14.7. The van der Waals surface area contributed by atoms with Crippen LogP contribution in [0.1, 0.15) is 102 Å². The number of unbranched alkanes of at least 4 members (excludes halogenated alkanes) is 3. The standard InChI is InChI=1S/C53H63N4O5S/c1-7-8-16-33-55-46-23-14-12-21-44(46)52(2,3)48(55)29-27-42-25-26-43(28-30-49-53(4,5)45-22-13-15-24-47(45)56(49)34-17-18-37-63(59,60)61)50(42)57(38-40-19-10-9-11-20-40)51(58)62-39-41-31-35-54(6)36-32-41/h9-15,19-24,27-32,35-36H,7-8,16-18,25-26,33-34,37-39H2,1-6H3/q+1/p+1. The number of anilines is 1. The van der Waals surface area contributed by atoms with Crippen LogP contribution in [0.4, 0.5) is 16.2 Å². The lowest BCUT2D eigenvalue weighted by molar-refractivity contribution is -0.671. The minimum Gasteiger partial charge on any atom is -0.444 e. The maximum Gasteiger partial charge on any atom is 0.414 e. The van der Waals surface area contributed by atoms with Gasteiger partial charge in [-0.1, -0.05) is 106 Å². The zero-order valence-electron chi connectivity index (χ0n) is 37.9. The van der Waals surface area contributed by atoms with Crippen molar-refractivity contribution in [2.75, 3.05) is 23.7 Å². The Hall–Kier alpha value is -5.58. The number of hydrogen-bond acceptors (Lipinski definition) is 5. The summed E-state index contributed by atoms with van der Waals surface area (Å²) in [6.07, 6.45) is 18.2. The Morgan fingerprint density at radius 3 is 2.24 bits per heavy atom. The van der Waals surface area contributed by atoms with Crippen LogP contribution < -0.4 is 9.47 Å². The van der Waals surface area contributed by atoms with E-state index in [1.807, 2.05) is 77.4 Å². The van der Waals surface area contributed by atoms with Gasteiger partial charge in [-0.15, -0.1) is 0 Å². The van der Waals surface area contributed by atoms with E-state index in [1.165, 1.54) is 22.5 Å². The number of para-hydroxylation sites is 2. The van der Waals surface area contributed by atoms with Crippen molar-refractivity contribution in [1.29, 1.82) is 0 Å². The molecule has 0 spiro atoms. The summed E-state index contributed by atoms with van der Waals surface area (Å²) in [5.41, 5.74) is 11.5. The van der Waals surface area contributed by atoms with Gasteiger partial charge in [0.25, 0.3) is 10.1 Å². The molecule has 3 aromatic carbocycles. The highest BCUT2D eigenvalue weighted by Crippen LogP contribution is 2.48. The number of ether oxygens (including phenoxy) is 1. The molecule has 3 aliphatic rings. The molecule has 0 saturated carbocycles. The SMILES string of the molecule is CCCCC[N+]1=C(/C=C/C2=C(N(Cc3ccccc3)C(=O)OCc3cc[n+](C)cc3)C(=C/C=C3/N(CCCCS(=O)(=O)O)c4ccccc4C3(C)C)/CC2)C(C)(C)c2ccccc21. The molecular weight excluding hydrogens is 805 g/mol. The van der Waals surface area contributed by atoms with Crippen LogP contribution in [-0.4, -0.2) is 53.1 Å². The second-order valence-corrected chi connectivity index (χ2v) is 19.7. The summed E-state index contributed by atoms with van der Waals surface area (Å²) < 4.78 is 43.3. The van der Waals surface area contributed by atoms with Gasteiger partial charge in [0, 0.05) is 65.2 Å². The van der Waals surface area contributed by atoms with E-state index >= 15 is 0 Å². The fourth-order valence-corrected chi connectivity index (χ4v) is 10.0. The highest BCUT2D eigenvalue weighted by atomic mass is 32.2. The summed E-state index contributed by atoms with van der Waals surface area (Å²) in [4.78, 5) is 18.8. The van der Waals surface area contributed by atoms with Crippen molar-refractivity contribution >= 4 is 33.3 Å². The third kappa shape index (κ3) is 10.3. The summed E-state index contributed by atoms with van der Waals surface area (Å²) >= 11 is 0. The smallest absolute Gasteiger partial charge is 0.414 e. The summed E-state index contributed by atoms with van der Waals surface area (Å²) in [6, 6.07) is 31.2. The minimum atomic E-state index is -4.05. The van der Waals surface area contributed by atoms with E-state index in [0.717, 1.165) is 78.0 Å². The molecule has 2 aliphatic heterocycles. The number of allylic oxidation sites excluding steroid dienone is 7. The normalized spacial score (nSPS) is 17.9. The number of benzene rings is 3. The van der Waals surface area contributed by atoms with Crippen molar-refractivity contribution in [1.82, 2.24) is 4.90 Å². The van der Waals surface area contributed by atoms with Crippen LogP contribution in [-0.2, 0) is 45.9 Å². The molecule has 1 amide bonds. The molecule has 0 atom stereocenters. The number of rotatable bonds is 17. The van der Waals surface area contributed by atoms with Gasteiger partial charge in [-0.25, -0.2) is 9.36 Å². The number of carbonyl (C=O) groups is 1. The molecule has 3 heterocycles. The highest BCUT2D eigenvalue weighted by molar-refractivity contribution is 7.85. The second-order valence-electron chi connectivity index (χ2n) is 18.1. The molecule has 0 radical (unpaired) electrons. The molecule has 0 bridgehead atoms. The summed E-state index contributed by atoms with van der Waals surface area (Å²) in [7, 11) is -2.09. The van der Waals surface area contributed by atoms with E-state index in [0.29, 0.717) is 25.9 Å². The average molecular weight is 869 g/mol. The van der Waals surface area contributed by atoms with Gasteiger partial charge in [-0.05, 0) is 80.4 Å². The number of hydrogen-bond donors (Lipinski definition) is 1. The molecule has 0 saturated heterocycles. The molecule has 0 fully saturated rings. The maximum atomic E-state index is 14.7. The Morgan fingerprint density at radius 2 is 1.51 bits per heavy atom. The van der Waals surface area contributed by atoms with Crippen molar-refractivity contribution in [2.24, 2.45) is 7.05 Å². The summed E-state index contributed by atoms with van der Waals surface area (Å²) in [5.74, 6) is -0.269. The zero-order chi connectivity index (χ0) is 44.8. The van der Waals surface area contributed by atoms with Gasteiger partial charge in [0.2, 0.25) is 5.69 Å². The first-order valence-corrected chi connectivity index (χ1v) is 24.1. The first kappa shape index (κ1) is 45.4. The Kier molecular flexibility index (Phi) is 14.0. The first-order valence-electron chi connectivity index (χ1n) is 22.5. The number of nitrogens with zero attached hydrogens (tertiary/aromatic N) is 4. The van der Waals surface area contributed by atoms with Crippen LogP contribution in [0.2, 0.25) is 0 Å². The third-order valence-electron chi connectivity index (χ3n) is 12.9. The second kappa shape index (κ2) is 19.4. The molecular formula is C53H64N4O5S+2. The first-order chi connectivity index (χ1) is 30.2. The number of aryl methyl sites for hydroxylation is 1. The van der Waals surface area contributed by atoms with Crippen LogP contribution in [0.15, 0.2) is 150 Å². The van der Waals surface area contributed by atoms with Gasteiger partial charge in [0.1, 0.15) is 20.2 Å². The predicted molar refractivity (Wildman–Crippen MR) is 253 cm³/mol. The largest absolute Gasteiger partial charge is 0.444 e.